The van der Waals surface area contributed by atoms with E-state index in [1.165, 1.54) is 122 Å². The summed E-state index contributed by atoms with van der Waals surface area (Å²) < 4.78 is 54.2. The molecular formula is C55H98O12S. The summed E-state index contributed by atoms with van der Waals surface area (Å²) >= 11 is 0. The Labute approximate surface area is 413 Å². The Morgan fingerprint density at radius 2 is 0.912 bits per heavy atom. The van der Waals surface area contributed by atoms with Crippen LogP contribution in [0.1, 0.15) is 232 Å². The average molecular weight is 983 g/mol. The van der Waals surface area contributed by atoms with E-state index in [-0.39, 0.29) is 19.4 Å². The first-order valence-corrected chi connectivity index (χ1v) is 28.8. The van der Waals surface area contributed by atoms with E-state index in [2.05, 4.69) is 62.5 Å². The lowest BCUT2D eigenvalue weighted by atomic mass is 10.00. The molecule has 0 aromatic carbocycles. The highest BCUT2D eigenvalue weighted by Gasteiger charge is 2.46. The van der Waals surface area contributed by atoms with E-state index in [0.29, 0.717) is 19.3 Å². The summed E-state index contributed by atoms with van der Waals surface area (Å²) in [5.41, 5.74) is 0. The molecule has 1 saturated heterocycles. The Balaban J connectivity index is 2.37. The third-order valence-corrected chi connectivity index (χ3v) is 13.1. The topological polar surface area (TPSA) is 186 Å². The molecule has 0 radical (unpaired) electrons. The molecule has 396 valence electrons. The molecule has 1 rings (SSSR count). The molecule has 2 unspecified atom stereocenters. The number of aliphatic hydroxyl groups is 3. The van der Waals surface area contributed by atoms with E-state index in [0.717, 1.165) is 64.2 Å². The van der Waals surface area contributed by atoms with E-state index >= 15 is 0 Å². The Kier molecular flexibility index (Phi) is 41.7. The minimum Gasteiger partial charge on any atom is -0.462 e. The van der Waals surface area contributed by atoms with Gasteiger partial charge in [0.1, 0.15) is 36.8 Å². The molecule has 0 spiro atoms. The number of allylic oxidation sites excluding steroid dienone is 8. The highest BCUT2D eigenvalue weighted by molar-refractivity contribution is 7.85. The Bertz CT molecular complexity index is 1430. The van der Waals surface area contributed by atoms with Crippen LogP contribution >= 0.6 is 0 Å². The molecule has 68 heavy (non-hydrogen) atoms. The van der Waals surface area contributed by atoms with Gasteiger partial charge < -0.3 is 34.3 Å². The van der Waals surface area contributed by atoms with Crippen LogP contribution in [-0.4, -0.2) is 96.0 Å². The standard InChI is InChI=1S/C55H98O12S/c1-3-5-7-9-11-13-15-17-19-21-22-23-24-25-26-28-29-31-33-35-37-39-41-43-50(56)64-45-48(46-65-55-54(60)53(59)52(58)49(67-55)47-68(61,62)63)66-51(57)44-42-40-38-36-34-32-30-27-20-18-16-14-12-10-8-6-4-2/h12,14,18,20,28-29,35,37,48-49,52-55,58-60H,3-11,13,15-17,19,21-27,30-34,36,38-47H2,1-2H3,(H,61,62,63)/b14-12+,20-18+,29-28+,37-35+/t48-,49-,52-,53?,54?,55+/m1/s1. The first-order chi connectivity index (χ1) is 33.0. The van der Waals surface area contributed by atoms with Crippen molar-refractivity contribution in [3.8, 4) is 0 Å². The number of unbranched alkanes of at least 4 members (excludes halogenated alkanes) is 26. The van der Waals surface area contributed by atoms with Crippen molar-refractivity contribution in [2.24, 2.45) is 0 Å². The minimum absolute atomic E-state index is 0.147. The lowest BCUT2D eigenvalue weighted by Gasteiger charge is -2.40. The minimum atomic E-state index is -4.61. The molecule has 1 heterocycles. The van der Waals surface area contributed by atoms with Crippen molar-refractivity contribution < 1.29 is 56.8 Å². The third-order valence-electron chi connectivity index (χ3n) is 12.4. The Hall–Kier alpha value is -2.39. The van der Waals surface area contributed by atoms with Gasteiger partial charge in [-0.1, -0.05) is 191 Å². The van der Waals surface area contributed by atoms with Crippen molar-refractivity contribution in [1.29, 1.82) is 0 Å². The Morgan fingerprint density at radius 1 is 0.500 bits per heavy atom. The van der Waals surface area contributed by atoms with Crippen LogP contribution in [0.3, 0.4) is 0 Å². The van der Waals surface area contributed by atoms with Gasteiger partial charge in [0.2, 0.25) is 0 Å². The number of aliphatic hydroxyl groups excluding tert-OH is 3. The zero-order chi connectivity index (χ0) is 49.8. The number of carbonyl (C=O) groups excluding carboxylic acids is 2. The molecule has 0 aromatic rings. The van der Waals surface area contributed by atoms with Crippen molar-refractivity contribution >= 4 is 22.1 Å². The van der Waals surface area contributed by atoms with Crippen LogP contribution in [0, 0.1) is 0 Å². The van der Waals surface area contributed by atoms with Gasteiger partial charge in [-0.15, -0.1) is 0 Å². The van der Waals surface area contributed by atoms with Gasteiger partial charge in [-0.05, 0) is 77.0 Å². The van der Waals surface area contributed by atoms with Gasteiger partial charge in [-0.25, -0.2) is 0 Å². The van der Waals surface area contributed by atoms with Crippen molar-refractivity contribution in [3.63, 3.8) is 0 Å². The van der Waals surface area contributed by atoms with Crippen molar-refractivity contribution in [3.05, 3.63) is 48.6 Å². The fourth-order valence-corrected chi connectivity index (χ4v) is 8.83. The first-order valence-electron chi connectivity index (χ1n) is 27.2. The maximum Gasteiger partial charge on any atom is 0.306 e. The summed E-state index contributed by atoms with van der Waals surface area (Å²) in [7, 11) is -4.61. The van der Waals surface area contributed by atoms with Crippen LogP contribution in [0.15, 0.2) is 48.6 Å². The van der Waals surface area contributed by atoms with Gasteiger partial charge in [-0.3, -0.25) is 14.1 Å². The second-order valence-corrected chi connectivity index (χ2v) is 20.4. The molecule has 1 aliphatic heterocycles. The molecule has 12 nitrogen and oxygen atoms in total. The lowest BCUT2D eigenvalue weighted by molar-refractivity contribution is -0.297. The van der Waals surface area contributed by atoms with Crippen LogP contribution in [0.2, 0.25) is 0 Å². The highest BCUT2D eigenvalue weighted by atomic mass is 32.2. The molecule has 1 aliphatic rings. The molecule has 0 aromatic heterocycles. The summed E-state index contributed by atoms with van der Waals surface area (Å²) in [6.45, 7) is 3.73. The predicted octanol–water partition coefficient (Wildman–Crippen LogP) is 12.7. The monoisotopic (exact) mass is 983 g/mol. The average Bonchev–Trinajstić information content (AvgIpc) is 3.31. The van der Waals surface area contributed by atoms with Crippen LogP contribution in [0.5, 0.6) is 0 Å². The fraction of sp³-hybridized carbons (Fsp3) is 0.818. The van der Waals surface area contributed by atoms with Gasteiger partial charge in [-0.2, -0.15) is 8.42 Å². The van der Waals surface area contributed by atoms with Crippen LogP contribution in [0.4, 0.5) is 0 Å². The number of carbonyl (C=O) groups is 2. The quantitative estimate of drug-likeness (QED) is 0.0196. The number of ether oxygens (including phenoxy) is 4. The summed E-state index contributed by atoms with van der Waals surface area (Å²) in [6, 6.07) is 0. The van der Waals surface area contributed by atoms with Gasteiger partial charge in [0.25, 0.3) is 10.1 Å². The normalized spacial score (nSPS) is 19.5. The fourth-order valence-electron chi connectivity index (χ4n) is 8.14. The number of esters is 2. The largest absolute Gasteiger partial charge is 0.462 e. The number of rotatable bonds is 46. The number of hydrogen-bond donors (Lipinski definition) is 4. The van der Waals surface area contributed by atoms with Gasteiger partial charge in [0.15, 0.2) is 12.4 Å². The van der Waals surface area contributed by atoms with E-state index in [1.54, 1.807) is 0 Å². The van der Waals surface area contributed by atoms with Gasteiger partial charge >= 0.3 is 11.9 Å². The van der Waals surface area contributed by atoms with Crippen molar-refractivity contribution in [1.82, 2.24) is 0 Å². The molecule has 0 amide bonds. The Morgan fingerprint density at radius 3 is 1.43 bits per heavy atom. The highest BCUT2D eigenvalue weighted by Crippen LogP contribution is 2.24. The summed E-state index contributed by atoms with van der Waals surface area (Å²) in [5.74, 6) is -2.04. The van der Waals surface area contributed by atoms with E-state index < -0.39 is 71.2 Å². The lowest BCUT2D eigenvalue weighted by Crippen LogP contribution is -2.60. The molecule has 4 N–H and O–H groups in total. The van der Waals surface area contributed by atoms with Crippen LogP contribution in [-0.2, 0) is 38.7 Å². The van der Waals surface area contributed by atoms with E-state index in [4.69, 9.17) is 18.9 Å². The summed E-state index contributed by atoms with van der Waals surface area (Å²) in [6.07, 6.45) is 45.9. The van der Waals surface area contributed by atoms with E-state index in [1.807, 2.05) is 0 Å². The molecule has 0 saturated carbocycles. The molecule has 0 bridgehead atoms. The molecular weight excluding hydrogens is 885 g/mol. The number of hydrogen-bond acceptors (Lipinski definition) is 11. The zero-order valence-electron chi connectivity index (χ0n) is 42.7. The summed E-state index contributed by atoms with van der Waals surface area (Å²) in [4.78, 5) is 25.5. The SMILES string of the molecule is CCCCC/C=C/C/C=C/CCCCCCCCCC(=O)O[C@H](COC(=O)CCC/C=C/CC/C=C/CCCCCCCCCCCCCCCC)CO[C@H]1O[C@H](CS(=O)(=O)O)[C@@H](O)C(O)C1O. The van der Waals surface area contributed by atoms with Crippen LogP contribution < -0.4 is 0 Å². The first kappa shape index (κ1) is 63.6. The molecule has 0 aliphatic carbocycles. The zero-order valence-corrected chi connectivity index (χ0v) is 43.5. The van der Waals surface area contributed by atoms with Crippen LogP contribution in [0.25, 0.3) is 0 Å². The van der Waals surface area contributed by atoms with Gasteiger partial charge in [0, 0.05) is 12.8 Å². The predicted molar refractivity (Wildman–Crippen MR) is 275 cm³/mol. The van der Waals surface area contributed by atoms with Crippen molar-refractivity contribution in [2.45, 2.75) is 269 Å². The van der Waals surface area contributed by atoms with E-state index in [9.17, 15) is 37.9 Å². The maximum atomic E-state index is 12.9. The van der Waals surface area contributed by atoms with Gasteiger partial charge in [0.05, 0.1) is 6.61 Å². The molecule has 13 heteroatoms. The third kappa shape index (κ3) is 38.4. The molecule has 1 fully saturated rings. The van der Waals surface area contributed by atoms with Crippen molar-refractivity contribution in [2.75, 3.05) is 19.0 Å². The second-order valence-electron chi connectivity index (χ2n) is 18.9. The molecule has 6 atom stereocenters. The maximum absolute atomic E-state index is 12.9. The second kappa shape index (κ2) is 44.5. The summed E-state index contributed by atoms with van der Waals surface area (Å²) in [5, 5.41) is 31.0. The smallest absolute Gasteiger partial charge is 0.306 e.